The standard InChI is InChI=1S/C42H30O9/c43-22-7-1-19(2-8-22)40-37-28-13-25(46)17-32-35(28)39(42(50-32)21-5-11-24(45)12-6-21)30-15-27(48)18-33-36(30)38(29-14-26(47)16-31(49-40)34(29)37)41(51-33)20-3-9-23(44)10-4-20/h1-18,37-48H/t37-,38-,39+,40-,41+,42-/m1/s1. The molecule has 0 bridgehead atoms. The van der Waals surface area contributed by atoms with Crippen molar-refractivity contribution in [3.05, 3.63) is 159 Å². The molecule has 6 atom stereocenters. The smallest absolute Gasteiger partial charge is 0.135 e. The third kappa shape index (κ3) is 4.34. The van der Waals surface area contributed by atoms with Gasteiger partial charge in [-0.1, -0.05) is 36.4 Å². The molecule has 9 heteroatoms. The number of phenols is 6. The van der Waals surface area contributed by atoms with Crippen LogP contribution in [-0.2, 0) is 0 Å². The van der Waals surface area contributed by atoms with Gasteiger partial charge in [0.1, 0.15) is 70.1 Å². The summed E-state index contributed by atoms with van der Waals surface area (Å²) in [6.45, 7) is 0. The molecular weight excluding hydrogens is 648 g/mol. The van der Waals surface area contributed by atoms with Gasteiger partial charge in [-0.2, -0.15) is 0 Å². The van der Waals surface area contributed by atoms with E-state index in [2.05, 4.69) is 0 Å². The van der Waals surface area contributed by atoms with Gasteiger partial charge in [-0.15, -0.1) is 0 Å². The summed E-state index contributed by atoms with van der Waals surface area (Å²) in [4.78, 5) is 0. The molecule has 3 aliphatic heterocycles. The maximum absolute atomic E-state index is 11.3. The lowest BCUT2D eigenvalue weighted by Gasteiger charge is -2.26. The summed E-state index contributed by atoms with van der Waals surface area (Å²) in [5.74, 6) is 0.123. The van der Waals surface area contributed by atoms with Crippen LogP contribution in [0, 0.1) is 0 Å². The molecule has 1 aliphatic carbocycles. The van der Waals surface area contributed by atoms with Crippen LogP contribution in [0.2, 0.25) is 0 Å². The summed E-state index contributed by atoms with van der Waals surface area (Å²) in [5.41, 5.74) is 6.97. The van der Waals surface area contributed by atoms with Crippen molar-refractivity contribution in [3.8, 4) is 51.7 Å². The maximum Gasteiger partial charge on any atom is 0.135 e. The van der Waals surface area contributed by atoms with E-state index in [0.29, 0.717) is 17.2 Å². The van der Waals surface area contributed by atoms with Gasteiger partial charge >= 0.3 is 0 Å². The second-order valence-corrected chi connectivity index (χ2v) is 13.7. The zero-order valence-corrected chi connectivity index (χ0v) is 26.8. The Hall–Kier alpha value is -6.48. The molecule has 6 aromatic rings. The van der Waals surface area contributed by atoms with Crippen LogP contribution in [0.25, 0.3) is 0 Å². The molecule has 0 amide bonds. The number of phenolic OH excluding ortho intramolecular Hbond substituents is 6. The molecule has 6 N–H and O–H groups in total. The Labute approximate surface area is 291 Å². The minimum absolute atomic E-state index is 0.00268. The van der Waals surface area contributed by atoms with E-state index in [1.54, 1.807) is 109 Å². The van der Waals surface area contributed by atoms with Crippen LogP contribution in [0.15, 0.2) is 109 Å². The highest BCUT2D eigenvalue weighted by Crippen LogP contribution is 2.65. The van der Waals surface area contributed by atoms with Crippen LogP contribution < -0.4 is 14.2 Å². The second-order valence-electron chi connectivity index (χ2n) is 13.7. The Morgan fingerprint density at radius 2 is 0.569 bits per heavy atom. The van der Waals surface area contributed by atoms with Crippen molar-refractivity contribution in [3.63, 3.8) is 0 Å². The molecule has 0 aromatic heterocycles. The number of hydrogen-bond donors (Lipinski definition) is 6. The molecule has 0 saturated carbocycles. The maximum atomic E-state index is 11.3. The average Bonchev–Trinajstić information content (AvgIpc) is 3.80. The lowest BCUT2D eigenvalue weighted by atomic mass is 9.76. The summed E-state index contributed by atoms with van der Waals surface area (Å²) in [5, 5.41) is 64.5. The monoisotopic (exact) mass is 678 g/mol. The summed E-state index contributed by atoms with van der Waals surface area (Å²) in [7, 11) is 0. The summed E-state index contributed by atoms with van der Waals surface area (Å²) < 4.78 is 20.3. The Balaban J connectivity index is 1.33. The second kappa shape index (κ2) is 10.5. The molecule has 6 aromatic carbocycles. The third-order valence-electron chi connectivity index (χ3n) is 10.7. The van der Waals surface area contributed by atoms with Gasteiger partial charge in [0.25, 0.3) is 0 Å². The number of hydrogen-bond acceptors (Lipinski definition) is 9. The van der Waals surface area contributed by atoms with E-state index in [1.807, 2.05) is 0 Å². The molecule has 252 valence electrons. The van der Waals surface area contributed by atoms with Crippen LogP contribution in [0.4, 0.5) is 0 Å². The van der Waals surface area contributed by atoms with Gasteiger partial charge in [0.05, 0.1) is 17.8 Å². The quantitative estimate of drug-likeness (QED) is 0.109. The highest BCUT2D eigenvalue weighted by Gasteiger charge is 2.52. The first-order valence-corrected chi connectivity index (χ1v) is 16.7. The Bertz CT molecular complexity index is 2120. The number of fused-ring (bicyclic) bond motifs is 3. The Morgan fingerprint density at radius 1 is 0.314 bits per heavy atom. The zero-order valence-electron chi connectivity index (χ0n) is 26.8. The van der Waals surface area contributed by atoms with Gasteiger partial charge in [-0.25, -0.2) is 0 Å². The largest absolute Gasteiger partial charge is 0.508 e. The lowest BCUT2D eigenvalue weighted by Crippen LogP contribution is -2.16. The van der Waals surface area contributed by atoms with E-state index in [9.17, 15) is 30.6 Å². The molecule has 10 rings (SSSR count). The fourth-order valence-electron chi connectivity index (χ4n) is 8.76. The molecule has 0 fully saturated rings. The van der Waals surface area contributed by atoms with Gasteiger partial charge in [0.2, 0.25) is 0 Å². The number of ether oxygens (including phenoxy) is 3. The van der Waals surface area contributed by atoms with Gasteiger partial charge in [-0.05, 0) is 88.0 Å². The van der Waals surface area contributed by atoms with Crippen LogP contribution in [0.5, 0.6) is 51.7 Å². The fourth-order valence-corrected chi connectivity index (χ4v) is 8.76. The van der Waals surface area contributed by atoms with Crippen LogP contribution >= 0.6 is 0 Å². The molecular formula is C42H30O9. The SMILES string of the molecule is Oc1ccc([C@H]2Oc3cc(O)cc4c3[C@H]2c2cc(O)cc3c2[C@H](c2cc(O)cc5c2[C@@H]4[C@H](c2ccc(O)cc2)O5)[C@@H](c2ccc(O)cc2)O3)cc1. The van der Waals surface area contributed by atoms with E-state index >= 15 is 0 Å². The van der Waals surface area contributed by atoms with Crippen molar-refractivity contribution in [1.82, 2.24) is 0 Å². The highest BCUT2D eigenvalue weighted by atomic mass is 16.5. The number of aromatic hydroxyl groups is 6. The predicted octanol–water partition coefficient (Wildman–Crippen LogP) is 8.03. The molecule has 51 heavy (non-hydrogen) atoms. The van der Waals surface area contributed by atoms with E-state index < -0.39 is 36.1 Å². The van der Waals surface area contributed by atoms with Crippen molar-refractivity contribution in [2.24, 2.45) is 0 Å². The van der Waals surface area contributed by atoms with Crippen molar-refractivity contribution in [1.29, 1.82) is 0 Å². The first-order chi connectivity index (χ1) is 24.7. The van der Waals surface area contributed by atoms with Gasteiger partial charge in [0, 0.05) is 34.9 Å². The summed E-state index contributed by atoms with van der Waals surface area (Å²) in [6.07, 6.45) is -1.91. The normalized spacial score (nSPS) is 23.1. The first-order valence-electron chi connectivity index (χ1n) is 16.7. The Kier molecular flexibility index (Phi) is 6.07. The minimum atomic E-state index is -0.635. The van der Waals surface area contributed by atoms with E-state index in [4.69, 9.17) is 14.2 Å². The van der Waals surface area contributed by atoms with Gasteiger partial charge in [-0.3, -0.25) is 0 Å². The minimum Gasteiger partial charge on any atom is -0.508 e. The van der Waals surface area contributed by atoms with E-state index in [0.717, 1.165) is 50.1 Å². The van der Waals surface area contributed by atoms with Gasteiger partial charge < -0.3 is 44.8 Å². The van der Waals surface area contributed by atoms with E-state index in [1.165, 1.54) is 0 Å². The van der Waals surface area contributed by atoms with Gasteiger partial charge in [0.15, 0.2) is 0 Å². The van der Waals surface area contributed by atoms with Crippen molar-refractivity contribution >= 4 is 0 Å². The van der Waals surface area contributed by atoms with Crippen molar-refractivity contribution < 1.29 is 44.8 Å². The summed E-state index contributed by atoms with van der Waals surface area (Å²) in [6, 6.07) is 30.5. The fraction of sp³-hybridized carbons (Fsp3) is 0.143. The molecule has 0 radical (unpaired) electrons. The molecule has 0 spiro atoms. The van der Waals surface area contributed by atoms with E-state index in [-0.39, 0.29) is 34.5 Å². The Morgan fingerprint density at radius 3 is 0.824 bits per heavy atom. The van der Waals surface area contributed by atoms with Crippen LogP contribution in [0.3, 0.4) is 0 Å². The van der Waals surface area contributed by atoms with Crippen molar-refractivity contribution in [2.45, 2.75) is 36.1 Å². The van der Waals surface area contributed by atoms with Crippen molar-refractivity contribution in [2.75, 3.05) is 0 Å². The highest BCUT2D eigenvalue weighted by molar-refractivity contribution is 5.70. The molecule has 4 aliphatic rings. The first kappa shape index (κ1) is 29.4. The third-order valence-corrected chi connectivity index (χ3v) is 10.7. The molecule has 0 unspecified atom stereocenters. The molecule has 3 heterocycles. The van der Waals surface area contributed by atoms with Crippen LogP contribution in [0.1, 0.15) is 86.1 Å². The number of rotatable bonds is 3. The number of benzene rings is 6. The zero-order chi connectivity index (χ0) is 34.7. The summed E-state index contributed by atoms with van der Waals surface area (Å²) >= 11 is 0. The average molecular weight is 679 g/mol. The lowest BCUT2D eigenvalue weighted by molar-refractivity contribution is 0.219. The molecule has 0 saturated heterocycles. The molecule has 9 nitrogen and oxygen atoms in total. The topological polar surface area (TPSA) is 149 Å². The predicted molar refractivity (Wildman–Crippen MR) is 184 cm³/mol. The van der Waals surface area contributed by atoms with Crippen LogP contribution in [-0.4, -0.2) is 30.6 Å².